The molecule has 0 aromatic rings. The minimum atomic E-state index is -0.267. The molecule has 0 radical (unpaired) electrons. The zero-order valence-electron chi connectivity index (χ0n) is 11.8. The van der Waals surface area contributed by atoms with Crippen molar-refractivity contribution in [3.63, 3.8) is 0 Å². The Kier molecular flexibility index (Phi) is 8.39. The Balaban J connectivity index is 4.36. The Bertz CT molecular complexity index is 267. The summed E-state index contributed by atoms with van der Waals surface area (Å²) >= 11 is 1.69. The zero-order chi connectivity index (χ0) is 13.3. The SMILES string of the molecule is CC/C(=C\C=C(/C)SC(C)(C)OCOC)NC. The lowest BCUT2D eigenvalue weighted by Gasteiger charge is -2.24. The average molecular weight is 259 g/mol. The number of ether oxygens (including phenoxy) is 2. The summed E-state index contributed by atoms with van der Waals surface area (Å²) in [4.78, 5) is 0.948. The molecule has 3 nitrogen and oxygen atoms in total. The summed E-state index contributed by atoms with van der Waals surface area (Å²) in [6.07, 6.45) is 5.22. The van der Waals surface area contributed by atoms with Gasteiger partial charge < -0.3 is 14.8 Å². The number of rotatable bonds is 8. The van der Waals surface area contributed by atoms with E-state index in [0.717, 1.165) is 6.42 Å². The van der Waals surface area contributed by atoms with Crippen LogP contribution < -0.4 is 5.32 Å². The minimum Gasteiger partial charge on any atom is -0.391 e. The predicted octanol–water partition coefficient (Wildman–Crippen LogP) is 3.49. The lowest BCUT2D eigenvalue weighted by molar-refractivity contribution is -0.0731. The molecule has 0 bridgehead atoms. The van der Waals surface area contributed by atoms with Crippen molar-refractivity contribution in [1.82, 2.24) is 5.32 Å². The molecule has 0 atom stereocenters. The van der Waals surface area contributed by atoms with Gasteiger partial charge in [0.15, 0.2) is 0 Å². The Morgan fingerprint density at radius 2 is 2.00 bits per heavy atom. The Labute approximate surface area is 110 Å². The van der Waals surface area contributed by atoms with Gasteiger partial charge in [0.25, 0.3) is 0 Å². The van der Waals surface area contributed by atoms with Crippen LogP contribution >= 0.6 is 11.8 Å². The van der Waals surface area contributed by atoms with E-state index in [1.54, 1.807) is 18.9 Å². The summed E-state index contributed by atoms with van der Waals surface area (Å²) < 4.78 is 10.5. The maximum Gasteiger partial charge on any atom is 0.148 e. The largest absolute Gasteiger partial charge is 0.391 e. The van der Waals surface area contributed by atoms with E-state index in [1.807, 2.05) is 20.9 Å². The third-order valence-corrected chi connectivity index (χ3v) is 3.22. The molecule has 4 heteroatoms. The van der Waals surface area contributed by atoms with E-state index in [9.17, 15) is 0 Å². The molecule has 0 aromatic heterocycles. The van der Waals surface area contributed by atoms with Gasteiger partial charge >= 0.3 is 0 Å². The van der Waals surface area contributed by atoms with Crippen molar-refractivity contribution in [1.29, 1.82) is 0 Å². The number of thioether (sulfide) groups is 1. The molecule has 1 N–H and O–H groups in total. The van der Waals surface area contributed by atoms with Gasteiger partial charge in [-0.3, -0.25) is 0 Å². The standard InChI is InChI=1S/C13H25NO2S/c1-7-12(14-5)9-8-11(2)17-13(3,4)16-10-15-6/h8-9,14H,7,10H2,1-6H3/b11-8+,12-9+. The van der Waals surface area contributed by atoms with E-state index in [-0.39, 0.29) is 4.93 Å². The van der Waals surface area contributed by atoms with Crippen LogP contribution in [0.4, 0.5) is 0 Å². The highest BCUT2D eigenvalue weighted by molar-refractivity contribution is 8.04. The van der Waals surface area contributed by atoms with Gasteiger partial charge in [-0.1, -0.05) is 24.8 Å². The molecule has 0 amide bonds. The second-order valence-corrected chi connectivity index (χ2v) is 5.96. The first-order valence-electron chi connectivity index (χ1n) is 5.82. The van der Waals surface area contributed by atoms with Crippen LogP contribution in [0.3, 0.4) is 0 Å². The van der Waals surface area contributed by atoms with Crippen LogP contribution in [-0.2, 0) is 9.47 Å². The molecule has 0 fully saturated rings. The number of hydrogen-bond acceptors (Lipinski definition) is 4. The first-order chi connectivity index (χ1) is 7.95. The van der Waals surface area contributed by atoms with Crippen LogP contribution in [0, 0.1) is 0 Å². The van der Waals surface area contributed by atoms with Crippen LogP contribution in [0.1, 0.15) is 34.1 Å². The van der Waals surface area contributed by atoms with E-state index in [1.165, 1.54) is 10.6 Å². The van der Waals surface area contributed by atoms with Crippen molar-refractivity contribution in [3.05, 3.63) is 22.8 Å². The molecular formula is C13H25NO2S. The van der Waals surface area contributed by atoms with Crippen molar-refractivity contribution >= 4 is 11.8 Å². The summed E-state index contributed by atoms with van der Waals surface area (Å²) in [5, 5.41) is 3.16. The number of allylic oxidation sites excluding steroid dienone is 4. The Hall–Kier alpha value is -0.450. The lowest BCUT2D eigenvalue weighted by Crippen LogP contribution is -2.20. The molecule has 100 valence electrons. The average Bonchev–Trinajstić information content (AvgIpc) is 2.27. The van der Waals surface area contributed by atoms with Crippen LogP contribution in [0.2, 0.25) is 0 Å². The molecule has 0 aliphatic carbocycles. The smallest absolute Gasteiger partial charge is 0.148 e. The summed E-state index contributed by atoms with van der Waals surface area (Å²) in [6, 6.07) is 0. The molecule has 0 aliphatic rings. The van der Waals surface area contributed by atoms with Crippen molar-refractivity contribution in [2.75, 3.05) is 21.0 Å². The third kappa shape index (κ3) is 8.30. The fourth-order valence-electron chi connectivity index (χ4n) is 1.25. The van der Waals surface area contributed by atoms with E-state index >= 15 is 0 Å². The second-order valence-electron chi connectivity index (χ2n) is 4.13. The Morgan fingerprint density at radius 1 is 1.35 bits per heavy atom. The molecule has 0 unspecified atom stereocenters. The number of nitrogens with one attached hydrogen (secondary N) is 1. The summed E-state index contributed by atoms with van der Waals surface area (Å²) in [5.41, 5.74) is 1.22. The second kappa shape index (κ2) is 8.61. The molecule has 0 rings (SSSR count). The molecule has 0 saturated heterocycles. The minimum absolute atomic E-state index is 0.267. The maximum absolute atomic E-state index is 5.57. The van der Waals surface area contributed by atoms with Gasteiger partial charge in [0.05, 0.1) is 0 Å². The van der Waals surface area contributed by atoms with Gasteiger partial charge in [-0.25, -0.2) is 0 Å². The summed E-state index contributed by atoms with van der Waals surface area (Å²) in [6.45, 7) is 8.61. The zero-order valence-corrected chi connectivity index (χ0v) is 12.6. The first-order valence-corrected chi connectivity index (χ1v) is 6.64. The fourth-order valence-corrected chi connectivity index (χ4v) is 2.27. The predicted molar refractivity (Wildman–Crippen MR) is 75.8 cm³/mol. The summed E-state index contributed by atoms with van der Waals surface area (Å²) in [5.74, 6) is 0. The van der Waals surface area contributed by atoms with Gasteiger partial charge in [-0.05, 0) is 38.2 Å². The molecule has 0 aromatic carbocycles. The van der Waals surface area contributed by atoms with Gasteiger partial charge in [0.2, 0.25) is 0 Å². The fraction of sp³-hybridized carbons (Fsp3) is 0.692. The first kappa shape index (κ1) is 16.6. The van der Waals surface area contributed by atoms with Crippen molar-refractivity contribution in [2.45, 2.75) is 39.0 Å². The van der Waals surface area contributed by atoms with Gasteiger partial charge in [0, 0.05) is 19.9 Å². The molecule has 17 heavy (non-hydrogen) atoms. The highest BCUT2D eigenvalue weighted by Crippen LogP contribution is 2.32. The van der Waals surface area contributed by atoms with E-state index in [4.69, 9.17) is 9.47 Å². The normalized spacial score (nSPS) is 14.0. The van der Waals surface area contributed by atoms with Crippen molar-refractivity contribution < 1.29 is 9.47 Å². The topological polar surface area (TPSA) is 30.5 Å². The molecule has 0 heterocycles. The molecule has 0 aliphatic heterocycles. The van der Waals surface area contributed by atoms with E-state index < -0.39 is 0 Å². The molecule has 0 saturated carbocycles. The number of hydrogen-bond donors (Lipinski definition) is 1. The third-order valence-electron chi connectivity index (χ3n) is 2.15. The van der Waals surface area contributed by atoms with Gasteiger partial charge in [-0.15, -0.1) is 0 Å². The lowest BCUT2D eigenvalue weighted by atomic mass is 10.3. The Morgan fingerprint density at radius 3 is 2.47 bits per heavy atom. The molecular weight excluding hydrogens is 234 g/mol. The van der Waals surface area contributed by atoms with E-state index in [2.05, 4.69) is 31.3 Å². The van der Waals surface area contributed by atoms with Crippen LogP contribution in [0.5, 0.6) is 0 Å². The summed E-state index contributed by atoms with van der Waals surface area (Å²) in [7, 11) is 3.57. The highest BCUT2D eigenvalue weighted by atomic mass is 32.2. The highest BCUT2D eigenvalue weighted by Gasteiger charge is 2.19. The van der Waals surface area contributed by atoms with Gasteiger partial charge in [-0.2, -0.15) is 0 Å². The van der Waals surface area contributed by atoms with E-state index in [0.29, 0.717) is 6.79 Å². The molecule has 0 spiro atoms. The quantitative estimate of drug-likeness (QED) is 0.534. The van der Waals surface area contributed by atoms with Crippen LogP contribution in [0.25, 0.3) is 0 Å². The maximum atomic E-state index is 5.57. The van der Waals surface area contributed by atoms with Gasteiger partial charge in [0.1, 0.15) is 11.7 Å². The van der Waals surface area contributed by atoms with Crippen molar-refractivity contribution in [2.24, 2.45) is 0 Å². The van der Waals surface area contributed by atoms with Crippen LogP contribution in [-0.4, -0.2) is 25.9 Å². The monoisotopic (exact) mass is 259 g/mol. The van der Waals surface area contributed by atoms with Crippen molar-refractivity contribution in [3.8, 4) is 0 Å². The van der Waals surface area contributed by atoms with Crippen LogP contribution in [0.15, 0.2) is 22.8 Å². The number of methoxy groups -OCH3 is 1.